The molecule has 0 aliphatic heterocycles. The van der Waals surface area contributed by atoms with Gasteiger partial charge in [-0.15, -0.1) is 0 Å². The van der Waals surface area contributed by atoms with Crippen molar-refractivity contribution >= 4 is 23.3 Å². The number of hydrogen-bond acceptors (Lipinski definition) is 6. The van der Waals surface area contributed by atoms with Crippen molar-refractivity contribution in [3.05, 3.63) is 54.0 Å². The predicted octanol–water partition coefficient (Wildman–Crippen LogP) is 1.41. The molecular weight excluding hydrogens is 365 g/mol. The molecule has 9 heteroatoms. The Morgan fingerprint density at radius 2 is 2.00 bits per heavy atom. The lowest BCUT2D eigenvalue weighted by molar-refractivity contribution is -0.138. The molecular formula is C19H20FN5O3. The molecule has 0 radical (unpaired) electrons. The maximum atomic E-state index is 13.3. The average Bonchev–Trinajstić information content (AvgIpc) is 3.08. The minimum Gasteiger partial charge on any atom is -0.468 e. The molecule has 0 bridgehead atoms. The average molecular weight is 385 g/mol. The van der Waals surface area contributed by atoms with Crippen molar-refractivity contribution in [2.24, 2.45) is 5.73 Å². The van der Waals surface area contributed by atoms with Gasteiger partial charge in [-0.25, -0.2) is 9.37 Å². The zero-order valence-electron chi connectivity index (χ0n) is 15.2. The van der Waals surface area contributed by atoms with Gasteiger partial charge in [-0.1, -0.05) is 0 Å². The van der Waals surface area contributed by atoms with Crippen molar-refractivity contribution in [1.82, 2.24) is 14.7 Å². The summed E-state index contributed by atoms with van der Waals surface area (Å²) in [4.78, 5) is 28.3. The van der Waals surface area contributed by atoms with Crippen LogP contribution in [-0.2, 0) is 9.53 Å². The van der Waals surface area contributed by atoms with Crippen LogP contribution in [0.25, 0.3) is 16.9 Å². The second-order valence-corrected chi connectivity index (χ2v) is 5.93. The molecule has 0 saturated heterocycles. The number of aromatic nitrogens is 2. The monoisotopic (exact) mass is 385 g/mol. The highest BCUT2D eigenvalue weighted by atomic mass is 19.1. The highest BCUT2D eigenvalue weighted by Crippen LogP contribution is 2.29. The minimum absolute atomic E-state index is 0.0722. The van der Waals surface area contributed by atoms with Crippen molar-refractivity contribution in [3.8, 4) is 11.3 Å². The van der Waals surface area contributed by atoms with E-state index >= 15 is 0 Å². The van der Waals surface area contributed by atoms with Gasteiger partial charge in [0.25, 0.3) is 5.91 Å². The third-order valence-electron chi connectivity index (χ3n) is 4.06. The van der Waals surface area contributed by atoms with Crippen LogP contribution in [0.1, 0.15) is 10.4 Å². The summed E-state index contributed by atoms with van der Waals surface area (Å²) in [6.07, 6.45) is 1.67. The van der Waals surface area contributed by atoms with Crippen LogP contribution in [-0.4, -0.2) is 48.0 Å². The molecule has 0 saturated carbocycles. The van der Waals surface area contributed by atoms with Crippen LogP contribution in [0.15, 0.2) is 42.6 Å². The van der Waals surface area contributed by atoms with Crippen molar-refractivity contribution in [2.45, 2.75) is 0 Å². The van der Waals surface area contributed by atoms with Gasteiger partial charge in [0.2, 0.25) is 0 Å². The number of carbonyl (C=O) groups excluding carboxylic acids is 2. The van der Waals surface area contributed by atoms with E-state index in [9.17, 15) is 14.0 Å². The quantitative estimate of drug-likeness (QED) is 0.531. The van der Waals surface area contributed by atoms with Crippen LogP contribution in [0.3, 0.4) is 0 Å². The van der Waals surface area contributed by atoms with Gasteiger partial charge in [0.1, 0.15) is 29.5 Å². The van der Waals surface area contributed by atoms with Gasteiger partial charge in [0.15, 0.2) is 0 Å². The molecule has 28 heavy (non-hydrogen) atoms. The molecule has 0 aliphatic carbocycles. The van der Waals surface area contributed by atoms with E-state index in [4.69, 9.17) is 5.73 Å². The molecule has 1 amide bonds. The van der Waals surface area contributed by atoms with Crippen LogP contribution in [0, 0.1) is 5.82 Å². The van der Waals surface area contributed by atoms with Gasteiger partial charge < -0.3 is 21.1 Å². The molecule has 4 N–H and O–H groups in total. The number of nitrogens with two attached hydrogens (primary N) is 1. The second-order valence-electron chi connectivity index (χ2n) is 5.93. The third kappa shape index (κ3) is 4.09. The fourth-order valence-electron chi connectivity index (χ4n) is 2.68. The van der Waals surface area contributed by atoms with Crippen LogP contribution >= 0.6 is 0 Å². The van der Waals surface area contributed by atoms with Crippen molar-refractivity contribution in [3.63, 3.8) is 0 Å². The number of nitrogens with zero attached hydrogens (tertiary/aromatic N) is 2. The molecule has 0 atom stereocenters. The van der Waals surface area contributed by atoms with Crippen molar-refractivity contribution in [2.75, 3.05) is 32.1 Å². The third-order valence-corrected chi connectivity index (χ3v) is 4.06. The summed E-state index contributed by atoms with van der Waals surface area (Å²) in [5, 5.41) is 5.70. The van der Waals surface area contributed by atoms with Gasteiger partial charge in [0.05, 0.1) is 7.11 Å². The van der Waals surface area contributed by atoms with E-state index in [-0.39, 0.29) is 18.3 Å². The van der Waals surface area contributed by atoms with E-state index in [1.165, 1.54) is 19.2 Å². The van der Waals surface area contributed by atoms with Gasteiger partial charge in [-0.05, 0) is 36.4 Å². The Balaban J connectivity index is 2.04. The number of benzene rings is 1. The Hall–Kier alpha value is -3.46. The van der Waals surface area contributed by atoms with Crippen LogP contribution < -0.4 is 16.4 Å². The van der Waals surface area contributed by atoms with Crippen LogP contribution in [0.4, 0.5) is 10.2 Å². The van der Waals surface area contributed by atoms with E-state index in [1.54, 1.807) is 34.9 Å². The molecule has 3 rings (SSSR count). The lowest BCUT2D eigenvalue weighted by atomic mass is 10.1. The first-order valence-electron chi connectivity index (χ1n) is 8.60. The van der Waals surface area contributed by atoms with Gasteiger partial charge in [0, 0.05) is 30.4 Å². The number of rotatable bonds is 7. The summed E-state index contributed by atoms with van der Waals surface area (Å²) in [7, 11) is 1.30. The first-order chi connectivity index (χ1) is 13.5. The smallest absolute Gasteiger partial charge is 0.325 e. The lowest BCUT2D eigenvalue weighted by Gasteiger charge is -2.08. The highest BCUT2D eigenvalue weighted by Gasteiger charge is 2.17. The second kappa shape index (κ2) is 8.49. The fraction of sp³-hybridized carbons (Fsp3) is 0.211. The first-order valence-corrected chi connectivity index (χ1v) is 8.60. The van der Waals surface area contributed by atoms with Crippen LogP contribution in [0.2, 0.25) is 0 Å². The molecule has 0 fully saturated rings. The van der Waals surface area contributed by atoms with Crippen LogP contribution in [0.5, 0.6) is 0 Å². The molecule has 146 valence electrons. The number of nitrogens with one attached hydrogen (secondary N) is 2. The maximum Gasteiger partial charge on any atom is 0.325 e. The summed E-state index contributed by atoms with van der Waals surface area (Å²) < 4.78 is 19.7. The number of fused-ring (bicyclic) bond motifs is 1. The number of esters is 1. The number of methoxy groups -OCH3 is 1. The number of anilines is 1. The molecule has 8 nitrogen and oxygen atoms in total. The normalized spacial score (nSPS) is 10.7. The summed E-state index contributed by atoms with van der Waals surface area (Å²) in [5.41, 5.74) is 7.50. The predicted molar refractivity (Wildman–Crippen MR) is 102 cm³/mol. The number of ether oxygens (including phenoxy) is 1. The Morgan fingerprint density at radius 3 is 2.68 bits per heavy atom. The Labute approximate surface area is 160 Å². The molecule has 0 aliphatic rings. The minimum atomic E-state index is -0.446. The molecule has 3 aromatic rings. The van der Waals surface area contributed by atoms with Crippen molar-refractivity contribution < 1.29 is 18.7 Å². The number of hydrogen-bond donors (Lipinski definition) is 3. The van der Waals surface area contributed by atoms with Gasteiger partial charge in [-0.2, -0.15) is 0 Å². The number of amides is 1. The zero-order chi connectivity index (χ0) is 20.1. The SMILES string of the molecule is COC(=O)CNc1c(-c2ccc(F)cc2)nc2cc(C(=O)NCCN)ccn12. The Bertz CT molecular complexity index is 1000. The summed E-state index contributed by atoms with van der Waals surface area (Å²) in [6, 6.07) is 9.11. The summed E-state index contributed by atoms with van der Waals surface area (Å²) in [5.74, 6) is -0.544. The summed E-state index contributed by atoms with van der Waals surface area (Å²) >= 11 is 0. The number of pyridine rings is 1. The Kier molecular flexibility index (Phi) is 5.85. The fourth-order valence-corrected chi connectivity index (χ4v) is 2.68. The number of carbonyl (C=O) groups is 2. The highest BCUT2D eigenvalue weighted by molar-refractivity contribution is 5.95. The first kappa shape index (κ1) is 19.3. The standard InChI is InChI=1S/C19H20FN5O3/c1-28-16(26)11-23-18-17(12-2-4-14(20)5-3-12)24-15-10-13(6-9-25(15)18)19(27)22-8-7-21/h2-6,9-10,23H,7-8,11,21H2,1H3,(H,22,27). The van der Waals surface area contributed by atoms with E-state index in [0.717, 1.165) is 0 Å². The molecule has 0 spiro atoms. The molecule has 1 aromatic carbocycles. The Morgan fingerprint density at radius 1 is 1.25 bits per heavy atom. The molecule has 2 heterocycles. The van der Waals surface area contributed by atoms with Gasteiger partial charge in [-0.3, -0.25) is 14.0 Å². The molecule has 2 aromatic heterocycles. The van der Waals surface area contributed by atoms with Gasteiger partial charge >= 0.3 is 5.97 Å². The topological polar surface area (TPSA) is 111 Å². The largest absolute Gasteiger partial charge is 0.468 e. The molecule has 0 unspecified atom stereocenters. The lowest BCUT2D eigenvalue weighted by Crippen LogP contribution is -2.29. The number of halogens is 1. The number of imidazole rings is 1. The van der Waals surface area contributed by atoms with E-state index in [2.05, 4.69) is 20.4 Å². The maximum absolute atomic E-state index is 13.3. The van der Waals surface area contributed by atoms with E-state index in [0.29, 0.717) is 41.4 Å². The van der Waals surface area contributed by atoms with E-state index < -0.39 is 5.97 Å². The zero-order valence-corrected chi connectivity index (χ0v) is 15.2. The van der Waals surface area contributed by atoms with Crippen molar-refractivity contribution in [1.29, 1.82) is 0 Å². The van der Waals surface area contributed by atoms with E-state index in [1.807, 2.05) is 0 Å². The summed E-state index contributed by atoms with van der Waals surface area (Å²) in [6.45, 7) is 0.635.